The lowest BCUT2D eigenvalue weighted by Crippen LogP contribution is -2.40. The zero-order valence-electron chi connectivity index (χ0n) is 10.4. The summed E-state index contributed by atoms with van der Waals surface area (Å²) in [7, 11) is 0. The van der Waals surface area contributed by atoms with Crippen LogP contribution in [0.2, 0.25) is 0 Å². The Balaban J connectivity index is 4.33. The maximum atomic E-state index is 8.56. The van der Waals surface area contributed by atoms with Crippen LogP contribution in [0.15, 0.2) is 5.16 Å². The third kappa shape index (κ3) is 5.62. The van der Waals surface area contributed by atoms with Gasteiger partial charge in [-0.3, -0.25) is 4.90 Å². The topological polar surface area (TPSA) is 61.9 Å². The largest absolute Gasteiger partial charge is 0.409 e. The second kappa shape index (κ2) is 7.51. The van der Waals surface area contributed by atoms with Crippen molar-refractivity contribution >= 4 is 5.84 Å². The van der Waals surface area contributed by atoms with Gasteiger partial charge in [-0.05, 0) is 18.9 Å². The Hall–Kier alpha value is -0.770. The summed E-state index contributed by atoms with van der Waals surface area (Å²) in [6, 6.07) is 0.383. The predicted octanol–water partition coefficient (Wildman–Crippen LogP) is 1.88. The molecule has 0 rings (SSSR count). The van der Waals surface area contributed by atoms with Crippen LogP contribution in [-0.2, 0) is 0 Å². The van der Waals surface area contributed by atoms with Crippen LogP contribution in [0.3, 0.4) is 0 Å². The smallest absolute Gasteiger partial charge is 0.140 e. The van der Waals surface area contributed by atoms with Gasteiger partial charge in [-0.2, -0.15) is 0 Å². The average Bonchev–Trinajstić information content (AvgIpc) is 2.22. The van der Waals surface area contributed by atoms with Gasteiger partial charge in [0.25, 0.3) is 0 Å². The first-order valence-corrected chi connectivity index (χ1v) is 5.75. The molecule has 0 aromatic rings. The SMILES string of the molecule is CCC(C/C(N)=N/O)N(CC)CC(C)C. The fraction of sp³-hybridized carbons (Fsp3) is 0.909. The normalized spacial score (nSPS) is 14.9. The Bertz CT molecular complexity index is 192. The lowest BCUT2D eigenvalue weighted by Gasteiger charge is -2.31. The van der Waals surface area contributed by atoms with E-state index in [1.54, 1.807) is 0 Å². The minimum Gasteiger partial charge on any atom is -0.409 e. The highest BCUT2D eigenvalue weighted by Gasteiger charge is 2.17. The van der Waals surface area contributed by atoms with Crippen LogP contribution in [0.5, 0.6) is 0 Å². The highest BCUT2D eigenvalue weighted by Crippen LogP contribution is 2.11. The third-order valence-corrected chi connectivity index (χ3v) is 2.57. The Labute approximate surface area is 93.1 Å². The quantitative estimate of drug-likeness (QED) is 0.295. The van der Waals surface area contributed by atoms with E-state index in [4.69, 9.17) is 10.9 Å². The number of nitrogens with two attached hydrogens (primary N) is 1. The molecule has 1 unspecified atom stereocenters. The van der Waals surface area contributed by atoms with Crippen molar-refractivity contribution in [3.8, 4) is 0 Å². The van der Waals surface area contributed by atoms with Gasteiger partial charge in [-0.1, -0.05) is 32.9 Å². The van der Waals surface area contributed by atoms with Gasteiger partial charge < -0.3 is 10.9 Å². The summed E-state index contributed by atoms with van der Waals surface area (Å²) in [4.78, 5) is 2.39. The van der Waals surface area contributed by atoms with E-state index in [-0.39, 0.29) is 0 Å². The van der Waals surface area contributed by atoms with Crippen molar-refractivity contribution in [1.29, 1.82) is 0 Å². The van der Waals surface area contributed by atoms with Crippen molar-refractivity contribution < 1.29 is 5.21 Å². The molecule has 0 saturated carbocycles. The molecule has 0 aliphatic rings. The van der Waals surface area contributed by atoms with Crippen LogP contribution in [0, 0.1) is 5.92 Å². The standard InChI is InChI=1S/C11H25N3O/c1-5-10(7-11(12)13-15)14(6-2)8-9(3)4/h9-10,15H,5-8H2,1-4H3,(H2,12,13). The molecule has 1 atom stereocenters. The molecule has 0 aromatic heterocycles. The molecule has 0 aliphatic carbocycles. The molecule has 0 aliphatic heterocycles. The van der Waals surface area contributed by atoms with Gasteiger partial charge in [-0.25, -0.2) is 0 Å². The average molecular weight is 215 g/mol. The lowest BCUT2D eigenvalue weighted by molar-refractivity contribution is 0.182. The first kappa shape index (κ1) is 14.2. The van der Waals surface area contributed by atoms with Crippen molar-refractivity contribution in [2.45, 2.75) is 46.6 Å². The summed E-state index contributed by atoms with van der Waals surface area (Å²) in [5, 5.41) is 11.6. The maximum absolute atomic E-state index is 8.56. The summed E-state index contributed by atoms with van der Waals surface area (Å²) in [5.41, 5.74) is 5.55. The van der Waals surface area contributed by atoms with E-state index in [0.29, 0.717) is 24.2 Å². The summed E-state index contributed by atoms with van der Waals surface area (Å²) in [6.45, 7) is 10.8. The van der Waals surface area contributed by atoms with Crippen molar-refractivity contribution in [2.75, 3.05) is 13.1 Å². The monoisotopic (exact) mass is 215 g/mol. The fourth-order valence-electron chi connectivity index (χ4n) is 1.82. The molecule has 15 heavy (non-hydrogen) atoms. The number of hydrogen-bond donors (Lipinski definition) is 2. The lowest BCUT2D eigenvalue weighted by atomic mass is 10.1. The van der Waals surface area contributed by atoms with Crippen LogP contribution in [-0.4, -0.2) is 35.1 Å². The third-order valence-electron chi connectivity index (χ3n) is 2.57. The van der Waals surface area contributed by atoms with Crippen molar-refractivity contribution in [3.63, 3.8) is 0 Å². The molecule has 0 heterocycles. The van der Waals surface area contributed by atoms with Crippen LogP contribution in [0.4, 0.5) is 0 Å². The second-order valence-corrected chi connectivity index (χ2v) is 4.34. The van der Waals surface area contributed by atoms with Crippen molar-refractivity contribution in [1.82, 2.24) is 4.90 Å². The molecule has 0 saturated heterocycles. The molecule has 4 heteroatoms. The fourth-order valence-corrected chi connectivity index (χ4v) is 1.82. The zero-order valence-corrected chi connectivity index (χ0v) is 10.4. The van der Waals surface area contributed by atoms with Crippen molar-refractivity contribution in [3.05, 3.63) is 0 Å². The second-order valence-electron chi connectivity index (χ2n) is 4.34. The Morgan fingerprint density at radius 2 is 2.00 bits per heavy atom. The van der Waals surface area contributed by atoms with Crippen LogP contribution in [0.25, 0.3) is 0 Å². The molecule has 0 fully saturated rings. The molecule has 0 bridgehead atoms. The number of amidine groups is 1. The summed E-state index contributed by atoms with van der Waals surface area (Å²) >= 11 is 0. The van der Waals surface area contributed by atoms with Gasteiger partial charge in [0, 0.05) is 19.0 Å². The van der Waals surface area contributed by atoms with Crippen molar-refractivity contribution in [2.24, 2.45) is 16.8 Å². The van der Waals surface area contributed by atoms with E-state index in [0.717, 1.165) is 19.5 Å². The Morgan fingerprint density at radius 3 is 2.33 bits per heavy atom. The van der Waals surface area contributed by atoms with Crippen LogP contribution < -0.4 is 5.73 Å². The molecular formula is C11H25N3O. The minimum absolute atomic E-state index is 0.323. The number of nitrogens with zero attached hydrogens (tertiary/aromatic N) is 2. The van der Waals surface area contributed by atoms with Gasteiger partial charge in [-0.15, -0.1) is 0 Å². The summed E-state index contributed by atoms with van der Waals surface area (Å²) < 4.78 is 0. The van der Waals surface area contributed by atoms with E-state index in [1.807, 2.05) is 0 Å². The minimum atomic E-state index is 0.323. The summed E-state index contributed by atoms with van der Waals surface area (Å²) in [6.07, 6.45) is 1.67. The zero-order chi connectivity index (χ0) is 11.8. The van der Waals surface area contributed by atoms with Gasteiger partial charge >= 0.3 is 0 Å². The van der Waals surface area contributed by atoms with Gasteiger partial charge in [0.15, 0.2) is 0 Å². The van der Waals surface area contributed by atoms with Gasteiger partial charge in [0.05, 0.1) is 0 Å². The molecule has 3 N–H and O–H groups in total. The van der Waals surface area contributed by atoms with Crippen LogP contribution >= 0.6 is 0 Å². The number of oxime groups is 1. The molecule has 0 spiro atoms. The molecule has 0 radical (unpaired) electrons. The Kier molecular flexibility index (Phi) is 7.13. The molecule has 0 aromatic carbocycles. The maximum Gasteiger partial charge on any atom is 0.140 e. The van der Waals surface area contributed by atoms with Gasteiger partial charge in [0.2, 0.25) is 0 Å². The first-order valence-electron chi connectivity index (χ1n) is 5.75. The predicted molar refractivity (Wildman–Crippen MR) is 64.2 cm³/mol. The van der Waals surface area contributed by atoms with E-state index in [2.05, 4.69) is 37.8 Å². The highest BCUT2D eigenvalue weighted by molar-refractivity contribution is 5.80. The van der Waals surface area contributed by atoms with E-state index in [1.165, 1.54) is 0 Å². The van der Waals surface area contributed by atoms with E-state index < -0.39 is 0 Å². The Morgan fingerprint density at radius 1 is 1.40 bits per heavy atom. The molecule has 0 amide bonds. The highest BCUT2D eigenvalue weighted by atomic mass is 16.4. The molecular weight excluding hydrogens is 190 g/mol. The van der Waals surface area contributed by atoms with Crippen LogP contribution in [0.1, 0.15) is 40.5 Å². The molecule has 4 nitrogen and oxygen atoms in total. The summed E-state index contributed by atoms with van der Waals surface area (Å²) in [5.74, 6) is 0.968. The number of hydrogen-bond acceptors (Lipinski definition) is 3. The molecule has 90 valence electrons. The van der Waals surface area contributed by atoms with Gasteiger partial charge in [0.1, 0.15) is 5.84 Å². The first-order chi connectivity index (χ1) is 7.04. The van der Waals surface area contributed by atoms with E-state index >= 15 is 0 Å². The number of rotatable bonds is 7. The van der Waals surface area contributed by atoms with E-state index in [9.17, 15) is 0 Å².